The fourth-order valence-corrected chi connectivity index (χ4v) is 0.160. The highest BCUT2D eigenvalue weighted by atomic mass is 16.4. The van der Waals surface area contributed by atoms with E-state index in [-0.39, 0.29) is 0 Å². The van der Waals surface area contributed by atoms with Crippen molar-refractivity contribution in [3.05, 3.63) is 0 Å². The second-order valence-corrected chi connectivity index (χ2v) is 1.01. The molecule has 46 valence electrons. The standard InChI is InChI=1S/C3H6N2O3/c1-4-2(6)5-3(7)8/h1H3,(H,7,8)(H2,4,5,6). The van der Waals surface area contributed by atoms with Gasteiger partial charge in [-0.2, -0.15) is 0 Å². The highest BCUT2D eigenvalue weighted by molar-refractivity contribution is 5.89. The number of imide groups is 1. The van der Waals surface area contributed by atoms with Crippen molar-refractivity contribution in [2.45, 2.75) is 0 Å². The number of nitrogens with one attached hydrogen (secondary N) is 2. The normalized spacial score (nSPS) is 7.62. The van der Waals surface area contributed by atoms with Crippen LogP contribution in [0.4, 0.5) is 9.59 Å². The molecule has 5 nitrogen and oxygen atoms in total. The Labute approximate surface area is 45.7 Å². The second-order valence-electron chi connectivity index (χ2n) is 1.01. The summed E-state index contributed by atoms with van der Waals surface area (Å²) in [5.41, 5.74) is 0. The van der Waals surface area contributed by atoms with Crippen molar-refractivity contribution >= 4 is 12.1 Å². The Balaban J connectivity index is 3.40. The smallest absolute Gasteiger partial charge is 0.412 e. The molecule has 0 aliphatic heterocycles. The molecule has 0 saturated heterocycles. The fraction of sp³-hybridized carbons (Fsp3) is 0.333. The summed E-state index contributed by atoms with van der Waals surface area (Å²) in [6.07, 6.45) is -1.36. The van der Waals surface area contributed by atoms with Gasteiger partial charge in [0.25, 0.3) is 0 Å². The van der Waals surface area contributed by atoms with E-state index in [9.17, 15) is 9.59 Å². The van der Waals surface area contributed by atoms with Crippen molar-refractivity contribution in [1.29, 1.82) is 0 Å². The molecule has 0 aromatic rings. The summed E-state index contributed by atoms with van der Waals surface area (Å²) >= 11 is 0. The number of urea groups is 1. The summed E-state index contributed by atoms with van der Waals surface area (Å²) in [5, 5.41) is 11.5. The quantitative estimate of drug-likeness (QED) is 0.404. The Kier molecular flexibility index (Phi) is 2.39. The molecular formula is C3H6N2O3. The first-order valence-electron chi connectivity index (χ1n) is 1.88. The molecule has 3 N–H and O–H groups in total. The minimum absolute atomic E-state index is 0.725. The molecule has 0 atom stereocenters. The molecule has 0 heterocycles. The van der Waals surface area contributed by atoms with E-state index in [0.717, 1.165) is 0 Å². The van der Waals surface area contributed by atoms with Crippen LogP contribution in [0.2, 0.25) is 0 Å². The zero-order chi connectivity index (χ0) is 6.57. The van der Waals surface area contributed by atoms with Crippen molar-refractivity contribution in [2.75, 3.05) is 7.05 Å². The Morgan fingerprint density at radius 2 is 2.00 bits per heavy atom. The molecular weight excluding hydrogens is 112 g/mol. The van der Waals surface area contributed by atoms with Gasteiger partial charge in [-0.1, -0.05) is 0 Å². The van der Waals surface area contributed by atoms with Crippen LogP contribution >= 0.6 is 0 Å². The lowest BCUT2D eigenvalue weighted by atomic mass is 10.9. The summed E-state index contributed by atoms with van der Waals surface area (Å²) in [4.78, 5) is 19.6. The van der Waals surface area contributed by atoms with Gasteiger partial charge < -0.3 is 10.4 Å². The van der Waals surface area contributed by atoms with E-state index in [4.69, 9.17) is 5.11 Å². The second kappa shape index (κ2) is 2.84. The molecule has 0 fully saturated rings. The van der Waals surface area contributed by atoms with E-state index in [1.807, 2.05) is 0 Å². The van der Waals surface area contributed by atoms with Gasteiger partial charge in [-0.3, -0.25) is 0 Å². The van der Waals surface area contributed by atoms with Crippen LogP contribution in [0.15, 0.2) is 0 Å². The zero-order valence-electron chi connectivity index (χ0n) is 4.26. The van der Waals surface area contributed by atoms with E-state index in [0.29, 0.717) is 0 Å². The molecule has 5 heteroatoms. The third kappa shape index (κ3) is 2.95. The van der Waals surface area contributed by atoms with Crippen molar-refractivity contribution in [3.8, 4) is 0 Å². The van der Waals surface area contributed by atoms with Crippen molar-refractivity contribution in [1.82, 2.24) is 10.6 Å². The SMILES string of the molecule is CNC(=O)NC(=O)O. The molecule has 0 bridgehead atoms. The third-order valence-electron chi connectivity index (χ3n) is 0.448. The molecule has 0 radical (unpaired) electrons. The number of hydrogen-bond acceptors (Lipinski definition) is 2. The number of carboxylic acid groups (broad SMARTS) is 1. The van der Waals surface area contributed by atoms with Gasteiger partial charge in [-0.05, 0) is 0 Å². The van der Waals surface area contributed by atoms with E-state index >= 15 is 0 Å². The fourth-order valence-electron chi connectivity index (χ4n) is 0.160. The van der Waals surface area contributed by atoms with Crippen LogP contribution in [0, 0.1) is 0 Å². The molecule has 0 unspecified atom stereocenters. The Hall–Kier alpha value is -1.26. The highest BCUT2D eigenvalue weighted by Crippen LogP contribution is 1.60. The van der Waals surface area contributed by atoms with Gasteiger partial charge in [-0.15, -0.1) is 0 Å². The maximum Gasteiger partial charge on any atom is 0.412 e. The molecule has 0 aliphatic rings. The first kappa shape index (κ1) is 6.74. The van der Waals surface area contributed by atoms with Crippen molar-refractivity contribution < 1.29 is 14.7 Å². The van der Waals surface area contributed by atoms with Crippen LogP contribution in [-0.2, 0) is 0 Å². The topological polar surface area (TPSA) is 78.4 Å². The van der Waals surface area contributed by atoms with E-state index in [1.54, 1.807) is 5.32 Å². The lowest BCUT2D eigenvalue weighted by molar-refractivity contribution is 0.192. The van der Waals surface area contributed by atoms with Gasteiger partial charge in [0.1, 0.15) is 0 Å². The Morgan fingerprint density at radius 3 is 2.12 bits per heavy atom. The molecule has 0 rings (SSSR count). The largest absolute Gasteiger partial charge is 0.465 e. The summed E-state index contributed by atoms with van der Waals surface area (Å²) < 4.78 is 0. The van der Waals surface area contributed by atoms with E-state index in [1.165, 1.54) is 7.05 Å². The lowest BCUT2D eigenvalue weighted by Crippen LogP contribution is -2.36. The predicted octanol–water partition coefficient (Wildman–Crippen LogP) is -0.407. The predicted molar refractivity (Wildman–Crippen MR) is 25.6 cm³/mol. The number of carbonyl (C=O) groups is 2. The molecule has 0 aromatic carbocycles. The number of amides is 3. The minimum Gasteiger partial charge on any atom is -0.465 e. The van der Waals surface area contributed by atoms with Crippen LogP contribution in [-0.4, -0.2) is 24.3 Å². The van der Waals surface area contributed by atoms with Crippen LogP contribution in [0.3, 0.4) is 0 Å². The van der Waals surface area contributed by atoms with E-state index in [2.05, 4.69) is 5.32 Å². The first-order chi connectivity index (χ1) is 3.66. The molecule has 8 heavy (non-hydrogen) atoms. The Bertz CT molecular complexity index is 111. The van der Waals surface area contributed by atoms with Crippen LogP contribution in [0.25, 0.3) is 0 Å². The van der Waals surface area contributed by atoms with Crippen LogP contribution in [0.5, 0.6) is 0 Å². The highest BCUT2D eigenvalue weighted by Gasteiger charge is 1.98. The van der Waals surface area contributed by atoms with Crippen LogP contribution in [0.1, 0.15) is 0 Å². The maximum absolute atomic E-state index is 10.0. The van der Waals surface area contributed by atoms with E-state index < -0.39 is 12.1 Å². The number of rotatable bonds is 0. The van der Waals surface area contributed by atoms with Gasteiger partial charge >= 0.3 is 12.1 Å². The molecule has 0 saturated carbocycles. The van der Waals surface area contributed by atoms with Gasteiger partial charge in [0.2, 0.25) is 0 Å². The molecule has 3 amide bonds. The summed E-state index contributed by atoms with van der Waals surface area (Å²) in [5.74, 6) is 0. The maximum atomic E-state index is 10.0. The lowest BCUT2D eigenvalue weighted by Gasteiger charge is -1.93. The van der Waals surface area contributed by atoms with Gasteiger partial charge in [0, 0.05) is 7.05 Å². The average molecular weight is 118 g/mol. The van der Waals surface area contributed by atoms with Crippen molar-refractivity contribution in [3.63, 3.8) is 0 Å². The molecule has 0 aromatic heterocycles. The Morgan fingerprint density at radius 1 is 1.50 bits per heavy atom. The summed E-state index contributed by atoms with van der Waals surface area (Å²) in [6, 6.07) is -0.725. The molecule has 0 aliphatic carbocycles. The van der Waals surface area contributed by atoms with Gasteiger partial charge in [0.05, 0.1) is 0 Å². The number of hydrogen-bond donors (Lipinski definition) is 3. The minimum atomic E-state index is -1.36. The van der Waals surface area contributed by atoms with Gasteiger partial charge in [0.15, 0.2) is 0 Å². The molecule has 0 spiro atoms. The average Bonchev–Trinajstić information content (AvgIpc) is 1.65. The van der Waals surface area contributed by atoms with Crippen LogP contribution < -0.4 is 10.6 Å². The monoisotopic (exact) mass is 118 g/mol. The zero-order valence-corrected chi connectivity index (χ0v) is 4.26. The third-order valence-corrected chi connectivity index (χ3v) is 0.448. The van der Waals surface area contributed by atoms with Crippen molar-refractivity contribution in [2.24, 2.45) is 0 Å². The summed E-state index contributed by atoms with van der Waals surface area (Å²) in [6.45, 7) is 0. The number of carbonyl (C=O) groups excluding carboxylic acids is 1. The first-order valence-corrected chi connectivity index (χ1v) is 1.88. The summed E-state index contributed by atoms with van der Waals surface area (Å²) in [7, 11) is 1.33. The van der Waals surface area contributed by atoms with Gasteiger partial charge in [-0.25, -0.2) is 14.9 Å².